The molecule has 0 aromatic heterocycles. The van der Waals surface area contributed by atoms with Gasteiger partial charge in [-0.05, 0) is 116 Å². The van der Waals surface area contributed by atoms with Gasteiger partial charge in [0.25, 0.3) is 0 Å². The van der Waals surface area contributed by atoms with Crippen molar-refractivity contribution < 1.29 is 54.7 Å². The zero-order chi connectivity index (χ0) is 37.0. The van der Waals surface area contributed by atoms with Crippen LogP contribution in [0.4, 0.5) is 0 Å². The lowest BCUT2D eigenvalue weighted by molar-refractivity contribution is -0.364. The molecule has 4 aliphatic carbocycles. The Kier molecular flexibility index (Phi) is 12.6. The lowest BCUT2D eigenvalue weighted by Gasteiger charge is -2.61. The monoisotopic (exact) mass is 726 g/mol. The Morgan fingerprint density at radius 1 is 0.647 bits per heavy atom. The summed E-state index contributed by atoms with van der Waals surface area (Å²) in [5.74, 6) is 6.00. The molecule has 11 heteroatoms. The van der Waals surface area contributed by atoms with E-state index in [0.29, 0.717) is 11.3 Å². The molecule has 51 heavy (non-hydrogen) atoms. The Balaban J connectivity index is 1.05. The molecular formula is C40H70O11. The number of rotatable bonds is 11. The first-order valence-electron chi connectivity index (χ1n) is 20.4. The van der Waals surface area contributed by atoms with Crippen molar-refractivity contribution in [3.05, 3.63) is 0 Å². The average Bonchev–Trinajstić information content (AvgIpc) is 3.47. The molecular weight excluding hydrogens is 656 g/mol. The molecule has 0 aromatic rings. The molecule has 0 amide bonds. The molecule has 0 radical (unpaired) electrons. The summed E-state index contributed by atoms with van der Waals surface area (Å²) in [6, 6.07) is 0. The van der Waals surface area contributed by atoms with Gasteiger partial charge in [0.15, 0.2) is 12.6 Å². The molecule has 0 aromatic carbocycles. The zero-order valence-electron chi connectivity index (χ0n) is 31.9. The van der Waals surface area contributed by atoms with E-state index in [1.807, 2.05) is 0 Å². The summed E-state index contributed by atoms with van der Waals surface area (Å²) in [5.41, 5.74) is 0.706. The van der Waals surface area contributed by atoms with Crippen molar-refractivity contribution in [2.75, 3.05) is 13.2 Å². The SMILES string of the molecule is CC(C)[C@H](C)CC[C@@H](C)[C@H]1CC[C@H]2[C@@H]3CC[C@H]4C[C@@H](O[C@@H]5O[C@H](CO)[C@@H](O[C@@H]6O[C@H](CO)[C@@H](O)[C@H](O)[C@H]6O)[C@H](O)[C@H]5O)CC[C@]4(C)[C@H]3CC[C@]12C. The number of hydrogen-bond acceptors (Lipinski definition) is 11. The van der Waals surface area contributed by atoms with Gasteiger partial charge in [-0.1, -0.05) is 54.4 Å². The van der Waals surface area contributed by atoms with Gasteiger partial charge in [0, 0.05) is 0 Å². The quantitative estimate of drug-likeness (QED) is 0.155. The van der Waals surface area contributed by atoms with Gasteiger partial charge in [-0.2, -0.15) is 0 Å². The van der Waals surface area contributed by atoms with Gasteiger partial charge >= 0.3 is 0 Å². The number of hydrogen-bond donors (Lipinski definition) is 7. The molecule has 2 heterocycles. The highest BCUT2D eigenvalue weighted by atomic mass is 16.7. The van der Waals surface area contributed by atoms with Crippen molar-refractivity contribution in [3.8, 4) is 0 Å². The third kappa shape index (κ3) is 7.46. The van der Waals surface area contributed by atoms with Crippen LogP contribution in [0.5, 0.6) is 0 Å². The van der Waals surface area contributed by atoms with E-state index in [1.54, 1.807) is 0 Å². The van der Waals surface area contributed by atoms with Crippen molar-refractivity contribution in [1.29, 1.82) is 0 Å². The Bertz CT molecular complexity index is 1140. The van der Waals surface area contributed by atoms with E-state index >= 15 is 0 Å². The normalized spacial score (nSPS) is 51.4. The highest BCUT2D eigenvalue weighted by molar-refractivity contribution is 5.10. The van der Waals surface area contributed by atoms with Crippen molar-refractivity contribution in [3.63, 3.8) is 0 Å². The van der Waals surface area contributed by atoms with Crippen LogP contribution in [0.2, 0.25) is 0 Å². The molecule has 20 atom stereocenters. The summed E-state index contributed by atoms with van der Waals surface area (Å²) in [7, 11) is 0. The largest absolute Gasteiger partial charge is 0.394 e. The predicted molar refractivity (Wildman–Crippen MR) is 189 cm³/mol. The molecule has 6 rings (SSSR count). The van der Waals surface area contributed by atoms with Crippen LogP contribution < -0.4 is 0 Å². The van der Waals surface area contributed by atoms with Crippen molar-refractivity contribution in [2.45, 2.75) is 180 Å². The van der Waals surface area contributed by atoms with E-state index in [9.17, 15) is 35.7 Å². The van der Waals surface area contributed by atoms with Gasteiger partial charge in [0.1, 0.15) is 48.8 Å². The fourth-order valence-corrected chi connectivity index (χ4v) is 12.2. The summed E-state index contributed by atoms with van der Waals surface area (Å²) in [5, 5.41) is 72.7. The first kappa shape index (κ1) is 40.2. The van der Waals surface area contributed by atoms with Gasteiger partial charge < -0.3 is 54.7 Å². The van der Waals surface area contributed by atoms with Gasteiger partial charge in [-0.25, -0.2) is 0 Å². The second-order valence-corrected chi connectivity index (χ2v) is 18.7. The highest BCUT2D eigenvalue weighted by Gasteiger charge is 2.61. The van der Waals surface area contributed by atoms with Gasteiger partial charge in [-0.15, -0.1) is 0 Å². The van der Waals surface area contributed by atoms with Gasteiger partial charge in [0.05, 0.1) is 19.3 Å². The van der Waals surface area contributed by atoms with E-state index in [0.717, 1.165) is 60.7 Å². The van der Waals surface area contributed by atoms with Crippen LogP contribution in [-0.4, -0.2) is 116 Å². The summed E-state index contributed by atoms with van der Waals surface area (Å²) in [4.78, 5) is 0. The molecule has 7 N–H and O–H groups in total. The molecule has 6 fully saturated rings. The molecule has 296 valence electrons. The second kappa shape index (κ2) is 16.0. The topological polar surface area (TPSA) is 179 Å². The van der Waals surface area contributed by atoms with E-state index in [1.165, 1.54) is 51.4 Å². The number of fused-ring (bicyclic) bond motifs is 5. The third-order valence-corrected chi connectivity index (χ3v) is 15.9. The lowest BCUT2D eigenvalue weighted by Crippen LogP contribution is -2.65. The van der Waals surface area contributed by atoms with E-state index < -0.39 is 74.6 Å². The maximum atomic E-state index is 11.1. The summed E-state index contributed by atoms with van der Waals surface area (Å²) >= 11 is 0. The highest BCUT2D eigenvalue weighted by Crippen LogP contribution is 2.68. The maximum absolute atomic E-state index is 11.1. The molecule has 4 saturated carbocycles. The summed E-state index contributed by atoms with van der Waals surface area (Å²) < 4.78 is 23.5. The van der Waals surface area contributed by atoms with Crippen LogP contribution in [0, 0.1) is 58.2 Å². The second-order valence-electron chi connectivity index (χ2n) is 18.7. The fourth-order valence-electron chi connectivity index (χ4n) is 12.2. The first-order chi connectivity index (χ1) is 24.1. The molecule has 6 aliphatic rings. The van der Waals surface area contributed by atoms with Crippen LogP contribution >= 0.6 is 0 Å². The Labute approximate surface area is 305 Å². The predicted octanol–water partition coefficient (Wildman–Crippen LogP) is 3.36. The smallest absolute Gasteiger partial charge is 0.187 e. The molecule has 11 nitrogen and oxygen atoms in total. The maximum Gasteiger partial charge on any atom is 0.187 e. The standard InChI is InChI=1S/C40H70O11/c1-20(2)21(3)7-8-22(4)26-11-12-27-25-10-9-23-17-24(13-15-39(23,5)28(25)14-16-40(26,27)6)48-37-35(47)33(45)36(30(19-42)50-37)51-38-34(46)32(44)31(43)29(18-41)49-38/h20-38,41-47H,7-19H2,1-6H3/t21-,22-,23+,24+,25+,26-,27+,28+,29-,30-,31-,32+,33-,34-,35-,36-,37-,38+,39+,40-/m1/s1. The molecule has 2 saturated heterocycles. The lowest BCUT2D eigenvalue weighted by atomic mass is 9.44. The zero-order valence-corrected chi connectivity index (χ0v) is 31.9. The minimum absolute atomic E-state index is 0.160. The number of aliphatic hydroxyl groups is 7. The Hall–Kier alpha value is -0.440. The minimum atomic E-state index is -1.70. The molecule has 0 bridgehead atoms. The van der Waals surface area contributed by atoms with Crippen LogP contribution in [0.3, 0.4) is 0 Å². The molecule has 0 unspecified atom stereocenters. The van der Waals surface area contributed by atoms with E-state index in [-0.39, 0.29) is 11.5 Å². The average molecular weight is 727 g/mol. The number of aliphatic hydroxyl groups excluding tert-OH is 7. The third-order valence-electron chi connectivity index (χ3n) is 15.9. The van der Waals surface area contributed by atoms with Crippen molar-refractivity contribution >= 4 is 0 Å². The number of ether oxygens (including phenoxy) is 4. The van der Waals surface area contributed by atoms with Crippen molar-refractivity contribution in [2.24, 2.45) is 58.2 Å². The molecule has 2 aliphatic heterocycles. The van der Waals surface area contributed by atoms with Crippen LogP contribution in [0.15, 0.2) is 0 Å². The fraction of sp³-hybridized carbons (Fsp3) is 1.00. The van der Waals surface area contributed by atoms with Crippen LogP contribution in [-0.2, 0) is 18.9 Å². The van der Waals surface area contributed by atoms with E-state index in [2.05, 4.69) is 41.5 Å². The first-order valence-corrected chi connectivity index (χ1v) is 20.4. The van der Waals surface area contributed by atoms with Crippen LogP contribution in [0.25, 0.3) is 0 Å². The van der Waals surface area contributed by atoms with Gasteiger partial charge in [0.2, 0.25) is 0 Å². The van der Waals surface area contributed by atoms with Gasteiger partial charge in [-0.3, -0.25) is 0 Å². The molecule has 0 spiro atoms. The summed E-state index contributed by atoms with van der Waals surface area (Å²) in [6.45, 7) is 13.6. The van der Waals surface area contributed by atoms with Crippen molar-refractivity contribution in [1.82, 2.24) is 0 Å². The minimum Gasteiger partial charge on any atom is -0.394 e. The van der Waals surface area contributed by atoms with Crippen LogP contribution in [0.1, 0.15) is 112 Å². The summed E-state index contributed by atoms with van der Waals surface area (Å²) in [6.07, 6.45) is -1.27. The Morgan fingerprint density at radius 2 is 1.27 bits per heavy atom. The van der Waals surface area contributed by atoms with E-state index in [4.69, 9.17) is 18.9 Å². The Morgan fingerprint density at radius 3 is 1.96 bits per heavy atom.